The van der Waals surface area contributed by atoms with Gasteiger partial charge in [-0.05, 0) is 30.7 Å². The summed E-state index contributed by atoms with van der Waals surface area (Å²) >= 11 is 5.63. The van der Waals surface area contributed by atoms with Gasteiger partial charge in [-0.3, -0.25) is 0 Å². The highest BCUT2D eigenvalue weighted by atomic mass is 35.5. The minimum Gasteiger partial charge on any atom is -0.313 e. The number of unbranched alkanes of at least 4 members (excludes halogenated alkanes) is 1. The van der Waals surface area contributed by atoms with E-state index in [1.807, 2.05) is 0 Å². The molecule has 0 heterocycles. The van der Waals surface area contributed by atoms with Crippen LogP contribution < -0.4 is 5.32 Å². The number of nitrogens with one attached hydrogen (secondary N) is 1. The Morgan fingerprint density at radius 1 is 1.47 bits per heavy atom. The Morgan fingerprint density at radius 3 is 2.93 bits per heavy atom. The highest BCUT2D eigenvalue weighted by Gasteiger charge is 1.99. The van der Waals surface area contributed by atoms with Crippen molar-refractivity contribution in [1.82, 2.24) is 5.32 Å². The van der Waals surface area contributed by atoms with Crippen molar-refractivity contribution in [3.63, 3.8) is 0 Å². The molecule has 1 N–H and O–H groups in total. The molecule has 1 aromatic carbocycles. The fourth-order valence-electron chi connectivity index (χ4n) is 1.17. The van der Waals surface area contributed by atoms with Gasteiger partial charge in [0.25, 0.3) is 0 Å². The van der Waals surface area contributed by atoms with Crippen LogP contribution in [0.5, 0.6) is 0 Å². The molecule has 0 aliphatic heterocycles. The highest BCUT2D eigenvalue weighted by Crippen LogP contribution is 2.15. The molecular weight excluding hydrogens is 215 g/mol. The maximum Gasteiger partial charge on any atom is 0.141 e. The van der Waals surface area contributed by atoms with Crippen molar-refractivity contribution in [2.45, 2.75) is 19.4 Å². The number of hydrogen-bond donors (Lipinski definition) is 1. The van der Waals surface area contributed by atoms with Gasteiger partial charge >= 0.3 is 0 Å². The quantitative estimate of drug-likeness (QED) is 0.784. The number of nitrogens with zero attached hydrogens (tertiary/aromatic N) is 1. The summed E-state index contributed by atoms with van der Waals surface area (Å²) in [5, 5.41) is 11.6. The van der Waals surface area contributed by atoms with Crippen molar-refractivity contribution in [2.24, 2.45) is 0 Å². The van der Waals surface area contributed by atoms with Gasteiger partial charge in [0, 0.05) is 13.0 Å². The third-order valence-corrected chi connectivity index (χ3v) is 2.24. The second-order valence-corrected chi connectivity index (χ2v) is 3.59. The summed E-state index contributed by atoms with van der Waals surface area (Å²) in [5.41, 5.74) is 0.943. The summed E-state index contributed by atoms with van der Waals surface area (Å²) in [7, 11) is 0. The number of nitriles is 1. The molecule has 0 atom stereocenters. The lowest BCUT2D eigenvalue weighted by Crippen LogP contribution is -2.14. The van der Waals surface area contributed by atoms with Crippen LogP contribution in [-0.4, -0.2) is 6.54 Å². The Bertz CT molecular complexity index is 360. The number of rotatable bonds is 5. The zero-order valence-electron chi connectivity index (χ0n) is 8.26. The predicted octanol–water partition coefficient (Wildman–Crippen LogP) is 2.87. The van der Waals surface area contributed by atoms with Gasteiger partial charge in [-0.2, -0.15) is 5.26 Å². The molecule has 1 rings (SSSR count). The molecule has 0 aliphatic carbocycles. The van der Waals surface area contributed by atoms with E-state index in [1.54, 1.807) is 12.1 Å². The van der Waals surface area contributed by atoms with Crippen LogP contribution >= 0.6 is 11.6 Å². The first kappa shape index (κ1) is 12.0. The lowest BCUT2D eigenvalue weighted by atomic mass is 10.2. The maximum atomic E-state index is 12.8. The monoisotopic (exact) mass is 226 g/mol. The molecule has 1 aromatic rings. The Hall–Kier alpha value is -1.11. The van der Waals surface area contributed by atoms with E-state index in [2.05, 4.69) is 11.4 Å². The first-order chi connectivity index (χ1) is 7.24. The van der Waals surface area contributed by atoms with Crippen LogP contribution in [-0.2, 0) is 6.54 Å². The Morgan fingerprint density at radius 2 is 2.27 bits per heavy atom. The summed E-state index contributed by atoms with van der Waals surface area (Å²) in [4.78, 5) is 0. The van der Waals surface area contributed by atoms with E-state index in [0.717, 1.165) is 18.5 Å². The van der Waals surface area contributed by atoms with Crippen LogP contribution in [0, 0.1) is 17.1 Å². The van der Waals surface area contributed by atoms with Gasteiger partial charge in [0.15, 0.2) is 0 Å². The van der Waals surface area contributed by atoms with Crippen LogP contribution in [0.3, 0.4) is 0 Å². The molecule has 0 spiro atoms. The smallest absolute Gasteiger partial charge is 0.141 e. The van der Waals surface area contributed by atoms with Crippen molar-refractivity contribution < 1.29 is 4.39 Å². The molecule has 4 heteroatoms. The van der Waals surface area contributed by atoms with Gasteiger partial charge in [0.1, 0.15) is 5.82 Å². The van der Waals surface area contributed by atoms with Crippen molar-refractivity contribution in [3.05, 3.63) is 34.6 Å². The summed E-state index contributed by atoms with van der Waals surface area (Å²) in [6, 6.07) is 6.73. The fourth-order valence-corrected chi connectivity index (χ4v) is 1.38. The molecule has 0 radical (unpaired) electrons. The van der Waals surface area contributed by atoms with Crippen LogP contribution in [0.15, 0.2) is 18.2 Å². The van der Waals surface area contributed by atoms with Gasteiger partial charge in [-0.15, -0.1) is 0 Å². The van der Waals surface area contributed by atoms with E-state index >= 15 is 0 Å². The lowest BCUT2D eigenvalue weighted by Gasteiger charge is -2.04. The van der Waals surface area contributed by atoms with Crippen LogP contribution in [0.4, 0.5) is 4.39 Å². The van der Waals surface area contributed by atoms with Crippen LogP contribution in [0.25, 0.3) is 0 Å². The van der Waals surface area contributed by atoms with E-state index in [-0.39, 0.29) is 5.02 Å². The highest BCUT2D eigenvalue weighted by molar-refractivity contribution is 6.30. The second-order valence-electron chi connectivity index (χ2n) is 3.19. The molecule has 0 amide bonds. The molecular formula is C11H12ClFN2. The summed E-state index contributed by atoms with van der Waals surface area (Å²) in [6.07, 6.45) is 1.38. The van der Waals surface area contributed by atoms with Crippen molar-refractivity contribution in [2.75, 3.05) is 6.54 Å². The van der Waals surface area contributed by atoms with Gasteiger partial charge in [-0.25, -0.2) is 4.39 Å². The molecule has 0 saturated carbocycles. The minimum absolute atomic E-state index is 0.145. The topological polar surface area (TPSA) is 35.8 Å². The zero-order chi connectivity index (χ0) is 11.1. The van der Waals surface area contributed by atoms with E-state index in [4.69, 9.17) is 16.9 Å². The van der Waals surface area contributed by atoms with Crippen molar-refractivity contribution in [1.29, 1.82) is 5.26 Å². The van der Waals surface area contributed by atoms with Gasteiger partial charge in [0.05, 0.1) is 11.1 Å². The number of benzene rings is 1. The van der Waals surface area contributed by atoms with Gasteiger partial charge < -0.3 is 5.32 Å². The molecule has 80 valence electrons. The third-order valence-electron chi connectivity index (χ3n) is 1.96. The first-order valence-electron chi connectivity index (χ1n) is 4.75. The van der Waals surface area contributed by atoms with Crippen molar-refractivity contribution in [3.8, 4) is 6.07 Å². The fraction of sp³-hybridized carbons (Fsp3) is 0.364. The summed E-state index contributed by atoms with van der Waals surface area (Å²) in [6.45, 7) is 1.42. The Labute approximate surface area is 93.7 Å². The van der Waals surface area contributed by atoms with E-state index < -0.39 is 5.82 Å². The average molecular weight is 227 g/mol. The molecule has 0 saturated heterocycles. The maximum absolute atomic E-state index is 12.8. The number of halogens is 2. The SMILES string of the molecule is N#CCCCNCc1ccc(F)c(Cl)c1. The van der Waals surface area contributed by atoms with Crippen molar-refractivity contribution >= 4 is 11.6 Å². The van der Waals surface area contributed by atoms with Gasteiger partial charge in [0.2, 0.25) is 0 Å². The molecule has 0 unspecified atom stereocenters. The predicted molar refractivity (Wildman–Crippen MR) is 58.0 cm³/mol. The molecule has 0 aromatic heterocycles. The normalized spacial score (nSPS) is 9.93. The lowest BCUT2D eigenvalue weighted by molar-refractivity contribution is 0.624. The standard InChI is InChI=1S/C11H12ClFN2/c12-10-7-9(3-4-11(10)13)8-15-6-2-1-5-14/h3-4,7,15H,1-2,6,8H2. The van der Waals surface area contributed by atoms with E-state index in [1.165, 1.54) is 6.07 Å². The molecule has 0 bridgehead atoms. The minimum atomic E-state index is -0.398. The van der Waals surface area contributed by atoms with Crippen LogP contribution in [0.1, 0.15) is 18.4 Å². The Balaban J connectivity index is 2.32. The summed E-state index contributed by atoms with van der Waals surface area (Å²) < 4.78 is 12.8. The average Bonchev–Trinajstić information content (AvgIpc) is 2.23. The van der Waals surface area contributed by atoms with E-state index in [9.17, 15) is 4.39 Å². The third kappa shape index (κ3) is 4.28. The number of hydrogen-bond acceptors (Lipinski definition) is 2. The van der Waals surface area contributed by atoms with Gasteiger partial charge in [-0.1, -0.05) is 17.7 Å². The van der Waals surface area contributed by atoms with Crippen LogP contribution in [0.2, 0.25) is 5.02 Å². The molecule has 0 aliphatic rings. The zero-order valence-corrected chi connectivity index (χ0v) is 9.02. The molecule has 0 fully saturated rings. The van der Waals surface area contributed by atoms with E-state index in [0.29, 0.717) is 13.0 Å². The summed E-state index contributed by atoms with van der Waals surface area (Å²) in [5.74, 6) is -0.398. The molecule has 2 nitrogen and oxygen atoms in total. The molecule has 15 heavy (non-hydrogen) atoms. The largest absolute Gasteiger partial charge is 0.313 e. The second kappa shape index (κ2) is 6.39. The first-order valence-corrected chi connectivity index (χ1v) is 5.13. The Kier molecular flexibility index (Phi) is 5.09.